The molecule has 0 saturated carbocycles. The van der Waals surface area contributed by atoms with Gasteiger partial charge in [-0.15, -0.1) is 21.5 Å². The Morgan fingerprint density at radius 2 is 2.11 bits per heavy atom. The Kier molecular flexibility index (Phi) is 3.11. The summed E-state index contributed by atoms with van der Waals surface area (Å²) >= 11 is 3.34. The van der Waals surface area contributed by atoms with Crippen molar-refractivity contribution < 1.29 is 0 Å². The molecule has 1 atom stereocenters. The number of aromatic nitrogens is 2. The minimum Gasteiger partial charge on any atom is -0.322 e. The summed E-state index contributed by atoms with van der Waals surface area (Å²) in [4.78, 5) is 0. The smallest absolute Gasteiger partial charge is 0.149 e. The van der Waals surface area contributed by atoms with Crippen LogP contribution in [0.15, 0.2) is 29.6 Å². The van der Waals surface area contributed by atoms with Crippen molar-refractivity contribution in [2.45, 2.75) is 19.4 Å². The van der Waals surface area contributed by atoms with E-state index in [4.69, 9.17) is 5.73 Å². The molecular formula is C13H13N3S2. The van der Waals surface area contributed by atoms with Crippen LogP contribution in [0, 0.1) is 0 Å². The molecule has 3 aromatic rings. The van der Waals surface area contributed by atoms with E-state index in [1.54, 1.807) is 22.7 Å². The molecule has 1 unspecified atom stereocenters. The molecule has 0 radical (unpaired) electrons. The summed E-state index contributed by atoms with van der Waals surface area (Å²) < 4.78 is 1.28. The maximum atomic E-state index is 5.98. The topological polar surface area (TPSA) is 51.8 Å². The summed E-state index contributed by atoms with van der Waals surface area (Å²) in [5.41, 5.74) is 7.15. The maximum absolute atomic E-state index is 5.98. The molecule has 0 aliphatic rings. The highest BCUT2D eigenvalue weighted by Crippen LogP contribution is 2.36. The first-order chi connectivity index (χ1) is 8.79. The minimum atomic E-state index is 0.00106. The molecule has 5 heteroatoms. The van der Waals surface area contributed by atoms with Crippen molar-refractivity contribution in [3.8, 4) is 10.6 Å². The van der Waals surface area contributed by atoms with Gasteiger partial charge in [0.25, 0.3) is 0 Å². The first-order valence-electron chi connectivity index (χ1n) is 5.85. The Hall–Kier alpha value is -1.30. The summed E-state index contributed by atoms with van der Waals surface area (Å²) in [5, 5.41) is 13.7. The van der Waals surface area contributed by atoms with E-state index in [9.17, 15) is 0 Å². The summed E-state index contributed by atoms with van der Waals surface area (Å²) in [6.45, 7) is 2.06. The van der Waals surface area contributed by atoms with Crippen LogP contribution in [0.4, 0.5) is 0 Å². The van der Waals surface area contributed by atoms with Crippen LogP contribution in [-0.4, -0.2) is 10.2 Å². The van der Waals surface area contributed by atoms with Gasteiger partial charge in [-0.05, 0) is 12.5 Å². The predicted octanol–water partition coefficient (Wildman–Crippen LogP) is 3.83. The summed E-state index contributed by atoms with van der Waals surface area (Å²) in [6, 6.07) is 8.37. The van der Waals surface area contributed by atoms with Gasteiger partial charge in [-0.2, -0.15) is 0 Å². The second kappa shape index (κ2) is 4.76. The number of hydrogen-bond acceptors (Lipinski definition) is 5. The number of nitrogens with zero attached hydrogens (tertiary/aromatic N) is 2. The molecule has 0 saturated heterocycles. The van der Waals surface area contributed by atoms with E-state index in [-0.39, 0.29) is 6.04 Å². The maximum Gasteiger partial charge on any atom is 0.149 e. The van der Waals surface area contributed by atoms with Crippen LogP contribution in [0.5, 0.6) is 0 Å². The number of fused-ring (bicyclic) bond motifs is 1. The number of benzene rings is 1. The monoisotopic (exact) mass is 275 g/mol. The van der Waals surface area contributed by atoms with Gasteiger partial charge in [0, 0.05) is 21.0 Å². The molecule has 2 N–H and O–H groups in total. The van der Waals surface area contributed by atoms with Crippen LogP contribution >= 0.6 is 22.7 Å². The third kappa shape index (κ3) is 1.94. The molecule has 0 bridgehead atoms. The van der Waals surface area contributed by atoms with Gasteiger partial charge in [0.05, 0.1) is 6.04 Å². The van der Waals surface area contributed by atoms with E-state index in [0.29, 0.717) is 0 Å². The molecule has 2 aromatic heterocycles. The van der Waals surface area contributed by atoms with E-state index in [2.05, 4.69) is 46.8 Å². The fourth-order valence-corrected chi connectivity index (χ4v) is 3.79. The first kappa shape index (κ1) is 11.8. The highest BCUT2D eigenvalue weighted by atomic mass is 32.1. The van der Waals surface area contributed by atoms with E-state index >= 15 is 0 Å². The lowest BCUT2D eigenvalue weighted by Gasteiger charge is -2.00. The number of nitrogens with two attached hydrogens (primary N) is 1. The summed E-state index contributed by atoms with van der Waals surface area (Å²) in [7, 11) is 0. The van der Waals surface area contributed by atoms with Gasteiger partial charge in [-0.3, -0.25) is 0 Å². The highest BCUT2D eigenvalue weighted by Gasteiger charge is 2.14. The van der Waals surface area contributed by atoms with Crippen molar-refractivity contribution >= 4 is 32.8 Å². The lowest BCUT2D eigenvalue weighted by molar-refractivity contribution is 0.683. The average molecular weight is 275 g/mol. The van der Waals surface area contributed by atoms with Gasteiger partial charge in [0.1, 0.15) is 10.0 Å². The van der Waals surface area contributed by atoms with E-state index in [1.807, 2.05) is 0 Å². The lowest BCUT2D eigenvalue weighted by atomic mass is 10.2. The predicted molar refractivity (Wildman–Crippen MR) is 77.9 cm³/mol. The minimum absolute atomic E-state index is 0.00106. The molecule has 0 fully saturated rings. The van der Waals surface area contributed by atoms with Crippen LogP contribution in [0.1, 0.15) is 24.4 Å². The van der Waals surface area contributed by atoms with Crippen LogP contribution in [0.25, 0.3) is 20.7 Å². The van der Waals surface area contributed by atoms with Crippen molar-refractivity contribution in [2.75, 3.05) is 0 Å². The summed E-state index contributed by atoms with van der Waals surface area (Å²) in [6.07, 6.45) is 0.888. The van der Waals surface area contributed by atoms with Gasteiger partial charge in [0.15, 0.2) is 0 Å². The van der Waals surface area contributed by atoms with Crippen LogP contribution in [0.2, 0.25) is 0 Å². The van der Waals surface area contributed by atoms with Gasteiger partial charge in [-0.25, -0.2) is 0 Å². The Balaban J connectivity index is 2.07. The average Bonchev–Trinajstić information content (AvgIpc) is 3.03. The third-order valence-electron chi connectivity index (χ3n) is 2.91. The Morgan fingerprint density at radius 1 is 1.28 bits per heavy atom. The fourth-order valence-electron chi connectivity index (χ4n) is 1.81. The second-order valence-corrected chi connectivity index (χ2v) is 6.03. The van der Waals surface area contributed by atoms with E-state index in [1.165, 1.54) is 15.6 Å². The molecule has 0 amide bonds. The molecular weight excluding hydrogens is 262 g/mol. The first-order valence-corrected chi connectivity index (χ1v) is 7.54. The zero-order valence-corrected chi connectivity index (χ0v) is 11.6. The fraction of sp³-hybridized carbons (Fsp3) is 0.231. The Bertz CT molecular complexity index is 671. The molecule has 0 spiro atoms. The molecule has 3 rings (SSSR count). The molecule has 0 aliphatic carbocycles. The van der Waals surface area contributed by atoms with Gasteiger partial charge >= 0.3 is 0 Å². The van der Waals surface area contributed by atoms with Gasteiger partial charge < -0.3 is 5.73 Å². The van der Waals surface area contributed by atoms with Gasteiger partial charge in [-0.1, -0.05) is 36.5 Å². The second-order valence-electron chi connectivity index (χ2n) is 4.11. The van der Waals surface area contributed by atoms with Crippen molar-refractivity contribution in [3.05, 3.63) is 34.7 Å². The number of rotatable bonds is 3. The lowest BCUT2D eigenvalue weighted by Crippen LogP contribution is -2.07. The normalized spacial score (nSPS) is 13.0. The van der Waals surface area contributed by atoms with Crippen molar-refractivity contribution in [1.82, 2.24) is 10.2 Å². The van der Waals surface area contributed by atoms with Gasteiger partial charge in [0.2, 0.25) is 0 Å². The molecule has 3 nitrogen and oxygen atoms in total. The molecule has 0 aliphatic heterocycles. The largest absolute Gasteiger partial charge is 0.322 e. The number of hydrogen-bond donors (Lipinski definition) is 1. The van der Waals surface area contributed by atoms with Crippen molar-refractivity contribution in [2.24, 2.45) is 5.73 Å². The van der Waals surface area contributed by atoms with E-state index < -0.39 is 0 Å². The van der Waals surface area contributed by atoms with Crippen molar-refractivity contribution in [1.29, 1.82) is 0 Å². The molecule has 92 valence electrons. The molecule has 18 heavy (non-hydrogen) atoms. The Labute approximate surface area is 113 Å². The molecule has 1 aromatic carbocycles. The summed E-state index contributed by atoms with van der Waals surface area (Å²) in [5.74, 6) is 0. The quantitative estimate of drug-likeness (QED) is 0.790. The number of thiophene rings is 1. The highest BCUT2D eigenvalue weighted by molar-refractivity contribution is 7.19. The zero-order valence-electron chi connectivity index (χ0n) is 9.96. The zero-order chi connectivity index (χ0) is 12.5. The standard InChI is InChI=1S/C13H13N3S2/c1-2-10(14)13-16-15-12(18-13)9-7-17-11-6-4-3-5-8(9)11/h3-7,10H,2,14H2,1H3. The van der Waals surface area contributed by atoms with Crippen molar-refractivity contribution in [3.63, 3.8) is 0 Å². The van der Waals surface area contributed by atoms with E-state index in [0.717, 1.165) is 16.4 Å². The SMILES string of the molecule is CCC(N)c1nnc(-c2csc3ccccc23)s1. The van der Waals surface area contributed by atoms with Crippen LogP contribution in [-0.2, 0) is 0 Å². The third-order valence-corrected chi connectivity index (χ3v) is 4.96. The van der Waals surface area contributed by atoms with Crippen LogP contribution < -0.4 is 5.73 Å². The van der Waals surface area contributed by atoms with Crippen LogP contribution in [0.3, 0.4) is 0 Å². The Morgan fingerprint density at radius 3 is 2.94 bits per heavy atom. The molecule has 2 heterocycles.